The highest BCUT2D eigenvalue weighted by Gasteiger charge is 2.31. The molecule has 18 heavy (non-hydrogen) atoms. The van der Waals surface area contributed by atoms with Crippen LogP contribution in [-0.4, -0.2) is 31.6 Å². The largest absolute Gasteiger partial charge is 0.465 e. The predicted molar refractivity (Wildman–Crippen MR) is 70.4 cm³/mol. The smallest absolute Gasteiger partial charge is 0.339 e. The number of hydrogen-bond donors (Lipinski definition) is 1. The fourth-order valence-corrected chi connectivity index (χ4v) is 2.33. The lowest BCUT2D eigenvalue weighted by Gasteiger charge is -2.19. The Morgan fingerprint density at radius 2 is 2.28 bits per heavy atom. The third kappa shape index (κ3) is 2.39. The molecule has 0 saturated carbocycles. The van der Waals surface area contributed by atoms with E-state index in [0.29, 0.717) is 24.2 Å². The number of nitrogens with two attached hydrogens (primary N) is 1. The summed E-state index contributed by atoms with van der Waals surface area (Å²) in [5, 5.41) is 0. The lowest BCUT2D eigenvalue weighted by molar-refractivity contribution is -0.117. The summed E-state index contributed by atoms with van der Waals surface area (Å²) < 4.78 is 5.51. The molecule has 0 aromatic heterocycles. The molecule has 1 aliphatic rings. The van der Waals surface area contributed by atoms with Gasteiger partial charge in [0.25, 0.3) is 0 Å². The van der Waals surface area contributed by atoms with Gasteiger partial charge in [-0.15, -0.1) is 0 Å². The first-order valence-corrected chi connectivity index (χ1v) is 6.26. The fourth-order valence-electron chi connectivity index (χ4n) is 1.98. The number of esters is 1. The van der Waals surface area contributed by atoms with Crippen LogP contribution in [0.1, 0.15) is 16.8 Å². The Morgan fingerprint density at radius 1 is 1.56 bits per heavy atom. The van der Waals surface area contributed by atoms with Crippen molar-refractivity contribution in [2.75, 3.05) is 18.6 Å². The van der Waals surface area contributed by atoms with Crippen molar-refractivity contribution in [1.29, 1.82) is 0 Å². The molecule has 1 aliphatic heterocycles. The minimum atomic E-state index is -0.467. The number of carbonyl (C=O) groups is 2. The van der Waals surface area contributed by atoms with Gasteiger partial charge in [-0.25, -0.2) is 4.79 Å². The molecule has 0 aliphatic carbocycles. The Balaban J connectivity index is 2.45. The molecule has 0 spiro atoms. The number of anilines is 1. The van der Waals surface area contributed by atoms with Crippen LogP contribution < -0.4 is 10.6 Å². The highest BCUT2D eigenvalue weighted by atomic mass is 79.9. The summed E-state index contributed by atoms with van der Waals surface area (Å²) in [4.78, 5) is 25.1. The number of methoxy groups -OCH3 is 1. The summed E-state index contributed by atoms with van der Waals surface area (Å²) in [6.45, 7) is 0.416. The van der Waals surface area contributed by atoms with Crippen LogP contribution in [0.25, 0.3) is 0 Å². The van der Waals surface area contributed by atoms with E-state index in [-0.39, 0.29) is 11.9 Å². The predicted octanol–water partition coefficient (Wildman–Crippen LogP) is 1.30. The van der Waals surface area contributed by atoms with Crippen molar-refractivity contribution in [1.82, 2.24) is 0 Å². The summed E-state index contributed by atoms with van der Waals surface area (Å²) in [5.74, 6) is -0.545. The number of ether oxygens (including phenoxy) is 1. The van der Waals surface area contributed by atoms with Crippen molar-refractivity contribution in [3.05, 3.63) is 28.2 Å². The number of hydrogen-bond acceptors (Lipinski definition) is 4. The molecule has 2 rings (SSSR count). The molecule has 1 saturated heterocycles. The molecule has 0 radical (unpaired) electrons. The van der Waals surface area contributed by atoms with E-state index in [1.165, 1.54) is 12.0 Å². The van der Waals surface area contributed by atoms with E-state index in [4.69, 9.17) is 10.5 Å². The van der Waals surface area contributed by atoms with Gasteiger partial charge in [-0.05, 0) is 18.2 Å². The Morgan fingerprint density at radius 3 is 2.83 bits per heavy atom. The van der Waals surface area contributed by atoms with E-state index in [1.807, 2.05) is 0 Å². The maximum atomic E-state index is 11.8. The van der Waals surface area contributed by atoms with Crippen LogP contribution in [0.5, 0.6) is 0 Å². The van der Waals surface area contributed by atoms with Crippen LogP contribution in [0.3, 0.4) is 0 Å². The van der Waals surface area contributed by atoms with Crippen LogP contribution in [-0.2, 0) is 9.53 Å². The van der Waals surface area contributed by atoms with Gasteiger partial charge in [-0.3, -0.25) is 4.79 Å². The zero-order chi connectivity index (χ0) is 13.3. The SMILES string of the molecule is COC(=O)c1ccc(Br)cc1N1CC(N)CC1=O. The molecule has 2 N–H and O–H groups in total. The monoisotopic (exact) mass is 312 g/mol. The second kappa shape index (κ2) is 5.07. The van der Waals surface area contributed by atoms with Gasteiger partial charge in [-0.2, -0.15) is 0 Å². The topological polar surface area (TPSA) is 72.6 Å². The molecule has 1 atom stereocenters. The zero-order valence-electron chi connectivity index (χ0n) is 9.85. The van der Waals surface area contributed by atoms with E-state index < -0.39 is 5.97 Å². The summed E-state index contributed by atoms with van der Waals surface area (Å²) in [7, 11) is 1.31. The van der Waals surface area contributed by atoms with Gasteiger partial charge in [0.1, 0.15) is 0 Å². The van der Waals surface area contributed by atoms with Gasteiger partial charge in [-0.1, -0.05) is 15.9 Å². The highest BCUT2D eigenvalue weighted by molar-refractivity contribution is 9.10. The first-order chi connectivity index (χ1) is 8.52. The number of halogens is 1. The van der Waals surface area contributed by atoms with Gasteiger partial charge >= 0.3 is 5.97 Å². The third-order valence-corrected chi connectivity index (χ3v) is 3.30. The van der Waals surface area contributed by atoms with Crippen LogP contribution in [0, 0.1) is 0 Å². The summed E-state index contributed by atoms with van der Waals surface area (Å²) >= 11 is 3.33. The van der Waals surface area contributed by atoms with Gasteiger partial charge in [0, 0.05) is 23.5 Å². The van der Waals surface area contributed by atoms with E-state index in [9.17, 15) is 9.59 Å². The second-order valence-corrected chi connectivity index (χ2v) is 5.04. The van der Waals surface area contributed by atoms with Crippen LogP contribution >= 0.6 is 15.9 Å². The summed E-state index contributed by atoms with van der Waals surface area (Å²) in [6, 6.07) is 4.89. The van der Waals surface area contributed by atoms with Crippen LogP contribution in [0.2, 0.25) is 0 Å². The Kier molecular flexibility index (Phi) is 3.68. The summed E-state index contributed by atoms with van der Waals surface area (Å²) in [6.07, 6.45) is 0.299. The number of carbonyl (C=O) groups excluding carboxylic acids is 2. The first-order valence-electron chi connectivity index (χ1n) is 5.46. The molecule has 1 unspecified atom stereocenters. The number of nitrogens with zero attached hydrogens (tertiary/aromatic N) is 1. The maximum Gasteiger partial charge on any atom is 0.339 e. The normalized spacial score (nSPS) is 19.2. The standard InChI is InChI=1S/C12H13BrN2O3/c1-18-12(17)9-3-2-7(13)4-10(9)15-6-8(14)5-11(15)16/h2-4,8H,5-6,14H2,1H3. The average Bonchev–Trinajstić information content (AvgIpc) is 2.67. The van der Waals surface area contributed by atoms with Crippen LogP contribution in [0.15, 0.2) is 22.7 Å². The van der Waals surface area contributed by atoms with Gasteiger partial charge in [0.2, 0.25) is 5.91 Å². The van der Waals surface area contributed by atoms with Gasteiger partial charge < -0.3 is 15.4 Å². The first kappa shape index (κ1) is 13.0. The molecule has 1 amide bonds. The van der Waals surface area contributed by atoms with E-state index in [2.05, 4.69) is 15.9 Å². The van der Waals surface area contributed by atoms with E-state index in [0.717, 1.165) is 4.47 Å². The average molecular weight is 313 g/mol. The molecule has 0 bridgehead atoms. The van der Waals surface area contributed by atoms with Gasteiger partial charge in [0.05, 0.1) is 18.4 Å². The summed E-state index contributed by atoms with van der Waals surface area (Å²) in [5.41, 5.74) is 6.66. The minimum absolute atomic E-state index is 0.0780. The Bertz CT molecular complexity index is 504. The van der Waals surface area contributed by atoms with E-state index in [1.54, 1.807) is 18.2 Å². The van der Waals surface area contributed by atoms with Crippen LogP contribution in [0.4, 0.5) is 5.69 Å². The fraction of sp³-hybridized carbons (Fsp3) is 0.333. The highest BCUT2D eigenvalue weighted by Crippen LogP contribution is 2.29. The van der Waals surface area contributed by atoms with Crippen molar-refractivity contribution in [2.24, 2.45) is 5.73 Å². The Hall–Kier alpha value is -1.40. The third-order valence-electron chi connectivity index (χ3n) is 2.81. The molecular weight excluding hydrogens is 300 g/mol. The van der Waals surface area contributed by atoms with Crippen molar-refractivity contribution in [3.63, 3.8) is 0 Å². The molecule has 5 nitrogen and oxygen atoms in total. The second-order valence-electron chi connectivity index (χ2n) is 4.12. The van der Waals surface area contributed by atoms with Crippen molar-refractivity contribution < 1.29 is 14.3 Å². The zero-order valence-corrected chi connectivity index (χ0v) is 11.4. The number of benzene rings is 1. The molecular formula is C12H13BrN2O3. The van der Waals surface area contributed by atoms with Crippen molar-refractivity contribution >= 4 is 33.5 Å². The van der Waals surface area contributed by atoms with E-state index >= 15 is 0 Å². The quantitative estimate of drug-likeness (QED) is 0.835. The molecule has 96 valence electrons. The van der Waals surface area contributed by atoms with Gasteiger partial charge in [0.15, 0.2) is 0 Å². The number of rotatable bonds is 2. The lowest BCUT2D eigenvalue weighted by Crippen LogP contribution is -2.29. The molecule has 1 aromatic carbocycles. The van der Waals surface area contributed by atoms with Crippen molar-refractivity contribution in [2.45, 2.75) is 12.5 Å². The molecule has 1 heterocycles. The van der Waals surface area contributed by atoms with Crippen molar-refractivity contribution in [3.8, 4) is 0 Å². The molecule has 1 fully saturated rings. The lowest BCUT2D eigenvalue weighted by atomic mass is 10.1. The Labute approximate surface area is 113 Å². The molecule has 6 heteroatoms. The number of amides is 1. The molecule has 1 aromatic rings. The maximum absolute atomic E-state index is 11.8. The minimum Gasteiger partial charge on any atom is -0.465 e.